The first-order valence-electron chi connectivity index (χ1n) is 51.0. The van der Waals surface area contributed by atoms with Crippen molar-refractivity contribution in [3.63, 3.8) is 0 Å². The molecule has 4 aliphatic carbocycles. The molecule has 24 rings (SSSR count). The molecule has 0 unspecified atom stereocenters. The van der Waals surface area contributed by atoms with E-state index in [0.29, 0.717) is 50.8 Å². The maximum Gasteiger partial charge on any atom is 0.350 e. The number of hydrogen-bond acceptors (Lipinski definition) is 18. The van der Waals surface area contributed by atoms with Crippen molar-refractivity contribution in [2.24, 2.45) is 39.2 Å². The lowest BCUT2D eigenvalue weighted by molar-refractivity contribution is 0.253. The van der Waals surface area contributed by atoms with Crippen LogP contribution >= 0.6 is 0 Å². The van der Waals surface area contributed by atoms with Crippen LogP contribution in [0, 0.1) is 16.2 Å². The Morgan fingerprint density at radius 1 is 0.313 bits per heavy atom. The molecule has 0 atom stereocenters. The summed E-state index contributed by atoms with van der Waals surface area (Å²) in [5.74, 6) is 2.30. The molecule has 0 spiro atoms. The van der Waals surface area contributed by atoms with Crippen LogP contribution in [0.4, 0.5) is 11.6 Å². The molecule has 24 heteroatoms. The highest BCUT2D eigenvalue weighted by Crippen LogP contribution is 2.46. The first-order chi connectivity index (χ1) is 70.1. The highest BCUT2D eigenvalue weighted by Gasteiger charge is 2.38. The monoisotopic (exact) mass is 1950 g/mol. The number of nitrogen functional groups attached to an aromatic ring is 2. The predicted molar refractivity (Wildman–Crippen MR) is 601 cm³/mol. The molecule has 0 saturated heterocycles. The van der Waals surface area contributed by atoms with Crippen molar-refractivity contribution in [2.75, 3.05) is 11.5 Å². The number of H-pyrrole nitrogens is 1. The van der Waals surface area contributed by atoms with Crippen molar-refractivity contribution in [1.82, 2.24) is 77.8 Å². The molecule has 8 aromatic carbocycles. The van der Waals surface area contributed by atoms with Gasteiger partial charge < -0.3 is 34.4 Å². The van der Waals surface area contributed by atoms with Crippen molar-refractivity contribution in [2.45, 2.75) is 209 Å². The Bertz CT molecular complexity index is 7940. The number of aromatic amines is 1. The number of rotatable bonds is 14. The summed E-state index contributed by atoms with van der Waals surface area (Å²) >= 11 is 0. The van der Waals surface area contributed by atoms with Crippen LogP contribution in [0.25, 0.3) is 157 Å². The van der Waals surface area contributed by atoms with Crippen LogP contribution in [0.1, 0.15) is 203 Å². The van der Waals surface area contributed by atoms with Gasteiger partial charge in [0.25, 0.3) is 0 Å². The zero-order valence-electron chi connectivity index (χ0n) is 87.0. The molecular formula is C123H134N22O2. The molecule has 13 N–H and O–H groups in total. The van der Waals surface area contributed by atoms with Crippen LogP contribution in [0.3, 0.4) is 0 Å². The van der Waals surface area contributed by atoms with E-state index in [-0.39, 0.29) is 33.5 Å². The number of fused-ring (bicyclic) bond motifs is 8. The molecule has 4 aliphatic rings. The van der Waals surface area contributed by atoms with Crippen LogP contribution in [0.15, 0.2) is 326 Å². The minimum atomic E-state index is -0.423. The summed E-state index contributed by atoms with van der Waals surface area (Å²) in [6.45, 7) is 32.2. The molecule has 0 radical (unpaired) electrons. The number of anilines is 2. The predicted octanol–water partition coefficient (Wildman–Crippen LogP) is 26.0. The van der Waals surface area contributed by atoms with Crippen LogP contribution in [0.5, 0.6) is 0 Å². The van der Waals surface area contributed by atoms with Crippen molar-refractivity contribution < 1.29 is 0 Å². The summed E-state index contributed by atoms with van der Waals surface area (Å²) in [6.07, 6.45) is 19.8. The minimum absolute atomic E-state index is 0.151. The van der Waals surface area contributed by atoms with E-state index in [1.807, 2.05) is 154 Å². The van der Waals surface area contributed by atoms with E-state index in [2.05, 4.69) is 270 Å². The third kappa shape index (κ3) is 22.5. The van der Waals surface area contributed by atoms with E-state index in [0.717, 1.165) is 185 Å². The molecule has 20 aromatic rings. The van der Waals surface area contributed by atoms with Crippen LogP contribution in [-0.4, -0.2) is 77.8 Å². The molecule has 748 valence electrons. The summed E-state index contributed by atoms with van der Waals surface area (Å²) in [4.78, 5) is 63.6. The standard InChI is InChI=1S/C29H29N5O.2C27H24N6.C25H21N5O.3C5H12/c1-28(2,3)34-27(35)33-17-14-24-23(26(33)32-34)18-22(19-8-5-4-6-9-19)25(31-24)20-10-12-21(13-11-20)29(30)15-7-16-29;2*28-24-21(8-4-17-30-24)25-32-23-14-13-22(18-6-2-1-3-7-18)31-26(23)33(25)20-11-9-19(10-12-20)27(29)15-5-16-27;26-25(12-4-13-25)18-9-7-17(8-10-18)22-19(16-5-2-1-3-6-16)15-20-21(27-22)11-14-30-23(20)28-29-24(30)31;3*1-5(2,3)4/h4-6,8-14,17-18H,7,15-16,30H2,1-3H3;2*1-4,6-14,17H,5,15-16,29H2,(H2,28,30);1-3,5-11,14-15H,4,12-13,26H2,(H,29,31);3*1-4H3. The van der Waals surface area contributed by atoms with E-state index in [9.17, 15) is 9.59 Å². The number of imidazole rings is 2. The maximum atomic E-state index is 13.0. The van der Waals surface area contributed by atoms with Crippen molar-refractivity contribution in [1.29, 1.82) is 0 Å². The van der Waals surface area contributed by atoms with Crippen molar-refractivity contribution in [3.05, 3.63) is 359 Å². The molecule has 4 saturated carbocycles. The fourth-order valence-corrected chi connectivity index (χ4v) is 18.5. The minimum Gasteiger partial charge on any atom is -0.383 e. The fourth-order valence-electron chi connectivity index (χ4n) is 18.5. The Morgan fingerprint density at radius 2 is 0.639 bits per heavy atom. The van der Waals surface area contributed by atoms with E-state index in [1.54, 1.807) is 33.9 Å². The van der Waals surface area contributed by atoms with Gasteiger partial charge >= 0.3 is 11.4 Å². The Morgan fingerprint density at radius 3 is 0.966 bits per heavy atom. The summed E-state index contributed by atoms with van der Waals surface area (Å²) in [7, 11) is 0. The van der Waals surface area contributed by atoms with Gasteiger partial charge in [0.2, 0.25) is 0 Å². The highest BCUT2D eigenvalue weighted by molar-refractivity contribution is 6.00. The normalized spacial score (nSPS) is 14.8. The molecule has 0 amide bonds. The van der Waals surface area contributed by atoms with Gasteiger partial charge in [-0.2, -0.15) is 5.10 Å². The van der Waals surface area contributed by atoms with Crippen molar-refractivity contribution in [3.8, 4) is 101 Å². The van der Waals surface area contributed by atoms with Gasteiger partial charge in [-0.05, 0) is 245 Å². The largest absolute Gasteiger partial charge is 0.383 e. The molecule has 4 fully saturated rings. The zero-order valence-corrected chi connectivity index (χ0v) is 87.0. The van der Waals surface area contributed by atoms with E-state index in [4.69, 9.17) is 69.4 Å². The summed E-state index contributed by atoms with van der Waals surface area (Å²) in [6, 6.07) is 98.2. The topological polar surface area (TPSA) is 359 Å². The highest BCUT2D eigenvalue weighted by atomic mass is 16.2. The average Bonchev–Trinajstić information content (AvgIpc) is 1.67. The number of nitrogens with zero attached hydrogens (tertiary/aromatic N) is 15. The Kier molecular flexibility index (Phi) is 28.4. The number of benzene rings is 8. The van der Waals surface area contributed by atoms with Crippen LogP contribution in [0.2, 0.25) is 0 Å². The van der Waals surface area contributed by atoms with E-state index >= 15 is 0 Å². The zero-order chi connectivity index (χ0) is 104. The van der Waals surface area contributed by atoms with Crippen LogP contribution < -0.4 is 45.8 Å². The van der Waals surface area contributed by atoms with Crippen LogP contribution in [-0.2, 0) is 27.7 Å². The van der Waals surface area contributed by atoms with Gasteiger partial charge in [0.15, 0.2) is 34.2 Å². The van der Waals surface area contributed by atoms with Gasteiger partial charge in [-0.15, -0.1) is 5.10 Å². The van der Waals surface area contributed by atoms with Gasteiger partial charge in [-0.25, -0.2) is 68.0 Å². The first kappa shape index (κ1) is 101. The number of pyridine rings is 8. The molecular weight excluding hydrogens is 1820 g/mol. The fraction of sp³-hybridized carbons (Fsp3) is 0.285. The van der Waals surface area contributed by atoms with Gasteiger partial charge in [0, 0.05) is 102 Å². The molecule has 0 bridgehead atoms. The summed E-state index contributed by atoms with van der Waals surface area (Å²) < 4.78 is 8.77. The Balaban J connectivity index is 0.000000122. The lowest BCUT2D eigenvalue weighted by Gasteiger charge is -2.38. The second-order valence-corrected chi connectivity index (χ2v) is 45.3. The van der Waals surface area contributed by atoms with Gasteiger partial charge in [0.05, 0.1) is 50.5 Å². The lowest BCUT2D eigenvalue weighted by atomic mass is 9.72. The number of nitrogens with one attached hydrogen (secondary N) is 1. The second-order valence-electron chi connectivity index (χ2n) is 45.3. The smallest absolute Gasteiger partial charge is 0.350 e. The molecule has 24 nitrogen and oxygen atoms in total. The SMILES string of the molecule is CC(C)(C)C.CC(C)(C)C.CC(C)(C)C.CC(C)(C)n1nc2c3cc(-c4ccccc4)c(-c4ccc(C5(N)CCC5)cc4)nc3ccn2c1=O.NC1(c2ccc(-c3nc4ccn5c(=O)[nH]nc5c4cc3-c3ccccc3)cc2)CCC1.Nc1ncccc1-c1nc2ccc(-c3ccccc3)nc2n1-c1ccc(C2(N)CCC2)cc1.Nc1ncccc1-c1nc2ccc(-c3ccccc3)nc2n1-c1ccc(C2(N)CCC2)cc1. The molecule has 12 aromatic heterocycles. The summed E-state index contributed by atoms with van der Waals surface area (Å²) in [5.41, 5.74) is 64.5. The first-order valence-corrected chi connectivity index (χ1v) is 51.0. The quantitative estimate of drug-likeness (QED) is 0.0532. The summed E-state index contributed by atoms with van der Waals surface area (Å²) in [5, 5.41) is 13.1. The Hall–Kier alpha value is -15.6. The number of aromatic nitrogens is 16. The average molecular weight is 1950 g/mol. The molecule has 0 aliphatic heterocycles. The number of hydrogen-bond donors (Lipinski definition) is 7. The van der Waals surface area contributed by atoms with Gasteiger partial charge in [-0.1, -0.05) is 277 Å². The van der Waals surface area contributed by atoms with E-state index in [1.165, 1.54) is 52.3 Å². The Labute approximate surface area is 859 Å². The number of nitrogens with two attached hydrogens (primary N) is 6. The third-order valence-electron chi connectivity index (χ3n) is 26.8. The molecule has 147 heavy (non-hydrogen) atoms. The maximum absolute atomic E-state index is 13.0. The second kappa shape index (κ2) is 41.1. The molecule has 12 heterocycles. The van der Waals surface area contributed by atoms with Gasteiger partial charge in [-0.3, -0.25) is 9.13 Å². The lowest BCUT2D eigenvalue weighted by Crippen LogP contribution is -2.43. The van der Waals surface area contributed by atoms with E-state index < -0.39 is 5.54 Å². The van der Waals surface area contributed by atoms with Crippen molar-refractivity contribution >= 4 is 67.1 Å². The third-order valence-corrected chi connectivity index (χ3v) is 26.8. The van der Waals surface area contributed by atoms with Gasteiger partial charge in [0.1, 0.15) is 22.7 Å².